The molecular weight excluding hydrogens is 224 g/mol. The van der Waals surface area contributed by atoms with Crippen LogP contribution in [0.25, 0.3) is 11.1 Å². The highest BCUT2D eigenvalue weighted by Crippen LogP contribution is 2.31. The second-order valence-electron chi connectivity index (χ2n) is 4.96. The summed E-state index contributed by atoms with van der Waals surface area (Å²) >= 11 is 0. The van der Waals surface area contributed by atoms with E-state index in [2.05, 4.69) is 0 Å². The molecule has 2 heteroatoms. The number of benzene rings is 2. The first-order valence-electron chi connectivity index (χ1n) is 6.04. The summed E-state index contributed by atoms with van der Waals surface area (Å²) in [6, 6.07) is 15.5. The van der Waals surface area contributed by atoms with Gasteiger partial charge in [-0.1, -0.05) is 42.5 Å². The van der Waals surface area contributed by atoms with Crippen molar-refractivity contribution in [2.75, 3.05) is 0 Å². The van der Waals surface area contributed by atoms with Gasteiger partial charge in [0.1, 0.15) is 0 Å². The van der Waals surface area contributed by atoms with E-state index < -0.39 is 5.60 Å². The Balaban J connectivity index is 2.57. The number of hydrogen-bond acceptors (Lipinski definition) is 2. The molecule has 0 atom stereocenters. The first kappa shape index (κ1) is 12.8. The first-order valence-corrected chi connectivity index (χ1v) is 6.04. The fourth-order valence-electron chi connectivity index (χ4n) is 2.11. The van der Waals surface area contributed by atoms with E-state index in [1.165, 1.54) is 0 Å². The van der Waals surface area contributed by atoms with Crippen LogP contribution in [0.2, 0.25) is 0 Å². The summed E-state index contributed by atoms with van der Waals surface area (Å²) in [7, 11) is 0. The molecule has 0 unspecified atom stereocenters. The Morgan fingerprint density at radius 2 is 1.72 bits per heavy atom. The molecule has 0 aliphatic heterocycles. The second kappa shape index (κ2) is 4.92. The van der Waals surface area contributed by atoms with Crippen molar-refractivity contribution in [1.82, 2.24) is 0 Å². The minimum absolute atomic E-state index is 0.0263. The molecule has 0 saturated carbocycles. The molecule has 0 aliphatic rings. The molecule has 0 amide bonds. The highest BCUT2D eigenvalue weighted by molar-refractivity contribution is 5.69. The van der Waals surface area contributed by atoms with Crippen molar-refractivity contribution in [3.63, 3.8) is 0 Å². The Hall–Kier alpha value is -1.64. The predicted molar refractivity (Wildman–Crippen MR) is 73.0 cm³/mol. The number of aliphatic hydroxyl groups excluding tert-OH is 1. The zero-order valence-corrected chi connectivity index (χ0v) is 10.7. The van der Waals surface area contributed by atoms with E-state index in [0.717, 1.165) is 22.3 Å². The summed E-state index contributed by atoms with van der Waals surface area (Å²) in [5.41, 5.74) is 2.89. The van der Waals surface area contributed by atoms with Crippen molar-refractivity contribution in [2.24, 2.45) is 0 Å². The molecule has 94 valence electrons. The Morgan fingerprint density at radius 3 is 2.39 bits per heavy atom. The molecule has 0 radical (unpaired) electrons. The van der Waals surface area contributed by atoms with Crippen LogP contribution in [0.3, 0.4) is 0 Å². The van der Waals surface area contributed by atoms with Gasteiger partial charge in [0.15, 0.2) is 0 Å². The number of aliphatic hydroxyl groups is 2. The van der Waals surface area contributed by atoms with Crippen LogP contribution in [-0.2, 0) is 12.2 Å². The van der Waals surface area contributed by atoms with E-state index in [9.17, 15) is 10.2 Å². The smallest absolute Gasteiger partial charge is 0.0846 e. The molecule has 2 N–H and O–H groups in total. The third-order valence-electron chi connectivity index (χ3n) is 3.01. The highest BCUT2D eigenvalue weighted by atomic mass is 16.3. The number of rotatable bonds is 3. The fraction of sp³-hybridized carbons (Fsp3) is 0.250. The summed E-state index contributed by atoms with van der Waals surface area (Å²) in [5, 5.41) is 19.4. The topological polar surface area (TPSA) is 40.5 Å². The van der Waals surface area contributed by atoms with E-state index in [4.69, 9.17) is 0 Å². The van der Waals surface area contributed by atoms with Gasteiger partial charge in [-0.05, 0) is 42.2 Å². The van der Waals surface area contributed by atoms with Gasteiger partial charge in [-0.2, -0.15) is 0 Å². The molecule has 2 rings (SSSR count). The standard InChI is InChI=1S/C16H18O2/c1-16(2,18)15-9-4-3-8-14(15)13-7-5-6-12(10-13)11-17/h3-10,17-18H,11H2,1-2H3. The zero-order valence-electron chi connectivity index (χ0n) is 10.7. The predicted octanol–water partition coefficient (Wildman–Crippen LogP) is 3.07. The molecule has 0 heterocycles. The van der Waals surface area contributed by atoms with Gasteiger partial charge in [0.25, 0.3) is 0 Å². The van der Waals surface area contributed by atoms with Crippen LogP contribution in [-0.4, -0.2) is 10.2 Å². The maximum Gasteiger partial charge on any atom is 0.0846 e. The highest BCUT2D eigenvalue weighted by Gasteiger charge is 2.20. The average molecular weight is 242 g/mol. The van der Waals surface area contributed by atoms with Gasteiger partial charge < -0.3 is 10.2 Å². The van der Waals surface area contributed by atoms with E-state index in [-0.39, 0.29) is 6.61 Å². The van der Waals surface area contributed by atoms with Crippen molar-refractivity contribution in [3.8, 4) is 11.1 Å². The van der Waals surface area contributed by atoms with Gasteiger partial charge in [-0.3, -0.25) is 0 Å². The quantitative estimate of drug-likeness (QED) is 0.868. The first-order chi connectivity index (χ1) is 8.52. The van der Waals surface area contributed by atoms with E-state index in [0.29, 0.717) is 0 Å². The van der Waals surface area contributed by atoms with Crippen LogP contribution in [0.1, 0.15) is 25.0 Å². The molecule has 0 bridgehead atoms. The maximum atomic E-state index is 10.2. The van der Waals surface area contributed by atoms with Crippen LogP contribution < -0.4 is 0 Å². The summed E-state index contributed by atoms with van der Waals surface area (Å²) in [5.74, 6) is 0. The van der Waals surface area contributed by atoms with Gasteiger partial charge in [-0.15, -0.1) is 0 Å². The molecule has 0 saturated heterocycles. The summed E-state index contributed by atoms with van der Waals surface area (Å²) < 4.78 is 0. The van der Waals surface area contributed by atoms with Gasteiger partial charge in [0, 0.05) is 0 Å². The van der Waals surface area contributed by atoms with Gasteiger partial charge >= 0.3 is 0 Å². The van der Waals surface area contributed by atoms with E-state index in [1.54, 1.807) is 13.8 Å². The van der Waals surface area contributed by atoms with E-state index >= 15 is 0 Å². The third-order valence-corrected chi connectivity index (χ3v) is 3.01. The second-order valence-corrected chi connectivity index (χ2v) is 4.96. The lowest BCUT2D eigenvalue weighted by Crippen LogP contribution is -2.16. The van der Waals surface area contributed by atoms with Crippen LogP contribution >= 0.6 is 0 Å². The Kier molecular flexibility index (Phi) is 3.50. The van der Waals surface area contributed by atoms with Gasteiger partial charge in [-0.25, -0.2) is 0 Å². The van der Waals surface area contributed by atoms with Gasteiger partial charge in [0.05, 0.1) is 12.2 Å². The lowest BCUT2D eigenvalue weighted by molar-refractivity contribution is 0.0792. The Bertz CT molecular complexity index is 539. The number of hydrogen-bond donors (Lipinski definition) is 2. The lowest BCUT2D eigenvalue weighted by atomic mass is 9.89. The van der Waals surface area contributed by atoms with Crippen LogP contribution in [0.15, 0.2) is 48.5 Å². The minimum Gasteiger partial charge on any atom is -0.392 e. The SMILES string of the molecule is CC(C)(O)c1ccccc1-c1cccc(CO)c1. The molecule has 2 aromatic carbocycles. The van der Waals surface area contributed by atoms with Crippen LogP contribution in [0.5, 0.6) is 0 Å². The summed E-state index contributed by atoms with van der Waals surface area (Å²) in [6.07, 6.45) is 0. The van der Waals surface area contributed by atoms with Crippen molar-refractivity contribution < 1.29 is 10.2 Å². The van der Waals surface area contributed by atoms with Crippen LogP contribution in [0.4, 0.5) is 0 Å². The van der Waals surface area contributed by atoms with Crippen molar-refractivity contribution in [1.29, 1.82) is 0 Å². The molecule has 0 aromatic heterocycles. The van der Waals surface area contributed by atoms with Crippen molar-refractivity contribution in [3.05, 3.63) is 59.7 Å². The zero-order chi connectivity index (χ0) is 13.2. The Labute approximate surface area is 108 Å². The normalized spacial score (nSPS) is 11.6. The summed E-state index contributed by atoms with van der Waals surface area (Å²) in [4.78, 5) is 0. The molecule has 0 fully saturated rings. The maximum absolute atomic E-state index is 10.2. The molecule has 0 spiro atoms. The molecule has 2 aromatic rings. The lowest BCUT2D eigenvalue weighted by Gasteiger charge is -2.22. The molecule has 2 nitrogen and oxygen atoms in total. The average Bonchev–Trinajstić information content (AvgIpc) is 2.38. The molecule has 18 heavy (non-hydrogen) atoms. The summed E-state index contributed by atoms with van der Waals surface area (Å²) in [6.45, 7) is 3.59. The fourth-order valence-corrected chi connectivity index (χ4v) is 2.11. The van der Waals surface area contributed by atoms with Crippen LogP contribution in [0, 0.1) is 0 Å². The third kappa shape index (κ3) is 2.61. The monoisotopic (exact) mass is 242 g/mol. The minimum atomic E-state index is -0.883. The van der Waals surface area contributed by atoms with E-state index in [1.807, 2.05) is 48.5 Å². The Morgan fingerprint density at radius 1 is 1.00 bits per heavy atom. The van der Waals surface area contributed by atoms with Crippen molar-refractivity contribution in [2.45, 2.75) is 26.1 Å². The van der Waals surface area contributed by atoms with Crippen molar-refractivity contribution >= 4 is 0 Å². The largest absolute Gasteiger partial charge is 0.392 e. The molecule has 0 aliphatic carbocycles. The molecular formula is C16H18O2. The van der Waals surface area contributed by atoms with Gasteiger partial charge in [0.2, 0.25) is 0 Å².